The van der Waals surface area contributed by atoms with Gasteiger partial charge in [-0.05, 0) is 78.9 Å². The van der Waals surface area contributed by atoms with Gasteiger partial charge in [-0.3, -0.25) is 0 Å². The predicted molar refractivity (Wildman–Crippen MR) is 173 cm³/mol. The van der Waals surface area contributed by atoms with Crippen molar-refractivity contribution in [1.82, 2.24) is 9.97 Å². The second kappa shape index (κ2) is 17.4. The molecule has 8 heteroatoms. The van der Waals surface area contributed by atoms with Crippen LogP contribution in [0.2, 0.25) is 0 Å². The molecule has 3 aromatic carbocycles. The van der Waals surface area contributed by atoms with Crippen LogP contribution in [-0.2, 0) is 0 Å². The number of ether oxygens (including phenoxy) is 3. The number of alkyl halides is 3. The highest BCUT2D eigenvalue weighted by atomic mass is 19.4. The zero-order valence-electron chi connectivity index (χ0n) is 26.2. The summed E-state index contributed by atoms with van der Waals surface area (Å²) in [5.74, 6) is 0.825. The minimum absolute atomic E-state index is 0.0777. The van der Waals surface area contributed by atoms with Crippen LogP contribution in [0.4, 0.5) is 13.2 Å². The highest BCUT2D eigenvalue weighted by Crippen LogP contribution is 2.38. The summed E-state index contributed by atoms with van der Waals surface area (Å²) in [5, 5.41) is 0. The SMILES string of the molecule is CCCCCCCCOc1ccc(-c2cnc(-c3ccc(OCCC(c4ccc(OCCC)cc4)C(F)(F)F)cc3)nc2)cc1. The van der Waals surface area contributed by atoms with Gasteiger partial charge in [-0.1, -0.05) is 70.2 Å². The third-order valence-corrected chi connectivity index (χ3v) is 7.54. The van der Waals surface area contributed by atoms with E-state index in [-0.39, 0.29) is 18.6 Å². The summed E-state index contributed by atoms with van der Waals surface area (Å²) >= 11 is 0. The Labute approximate surface area is 264 Å². The van der Waals surface area contributed by atoms with Crippen LogP contribution in [-0.4, -0.2) is 36.0 Å². The summed E-state index contributed by atoms with van der Waals surface area (Å²) in [6.45, 7) is 5.37. The van der Waals surface area contributed by atoms with Crippen molar-refractivity contribution in [2.75, 3.05) is 19.8 Å². The number of unbranched alkanes of at least 4 members (excludes halogenated alkanes) is 5. The van der Waals surface area contributed by atoms with Gasteiger partial charge in [0.1, 0.15) is 17.2 Å². The van der Waals surface area contributed by atoms with Gasteiger partial charge in [-0.15, -0.1) is 0 Å². The first kappa shape index (κ1) is 33.8. The van der Waals surface area contributed by atoms with Gasteiger partial charge in [0.2, 0.25) is 0 Å². The lowest BCUT2D eigenvalue weighted by Gasteiger charge is -2.21. The molecule has 0 amide bonds. The van der Waals surface area contributed by atoms with Crippen LogP contribution in [0.3, 0.4) is 0 Å². The molecule has 1 aromatic heterocycles. The van der Waals surface area contributed by atoms with E-state index >= 15 is 0 Å². The van der Waals surface area contributed by atoms with Gasteiger partial charge in [0.15, 0.2) is 5.82 Å². The standard InChI is InChI=1S/C37H43F3N2O3/c1-3-5-6-7-8-9-24-44-33-16-10-28(11-17-33)31-26-41-36(42-27-31)30-14-20-34(21-15-30)45-25-22-35(37(38,39)40)29-12-18-32(19-13-29)43-23-4-2/h10-21,26-27,35H,3-9,22-25H2,1-2H3. The van der Waals surface area contributed by atoms with Crippen LogP contribution in [0.1, 0.15) is 76.7 Å². The van der Waals surface area contributed by atoms with Crippen molar-refractivity contribution in [2.45, 2.75) is 77.3 Å². The highest BCUT2D eigenvalue weighted by Gasteiger charge is 2.40. The fourth-order valence-corrected chi connectivity index (χ4v) is 4.97. The molecule has 0 radical (unpaired) electrons. The summed E-state index contributed by atoms with van der Waals surface area (Å²) in [7, 11) is 0. The van der Waals surface area contributed by atoms with Crippen molar-refractivity contribution in [2.24, 2.45) is 0 Å². The van der Waals surface area contributed by atoms with Gasteiger partial charge in [-0.2, -0.15) is 13.2 Å². The van der Waals surface area contributed by atoms with Crippen LogP contribution in [0.15, 0.2) is 85.2 Å². The lowest BCUT2D eigenvalue weighted by atomic mass is 9.95. The number of aromatic nitrogens is 2. The summed E-state index contributed by atoms with van der Waals surface area (Å²) in [5.41, 5.74) is 2.86. The summed E-state index contributed by atoms with van der Waals surface area (Å²) in [4.78, 5) is 9.04. The van der Waals surface area contributed by atoms with E-state index < -0.39 is 12.1 Å². The first-order valence-corrected chi connectivity index (χ1v) is 16.0. The van der Waals surface area contributed by atoms with E-state index in [0.29, 0.717) is 23.9 Å². The van der Waals surface area contributed by atoms with Crippen LogP contribution < -0.4 is 14.2 Å². The quantitative estimate of drug-likeness (QED) is 0.104. The minimum atomic E-state index is -4.38. The molecule has 1 atom stereocenters. The van der Waals surface area contributed by atoms with Crippen LogP contribution >= 0.6 is 0 Å². The zero-order valence-corrected chi connectivity index (χ0v) is 26.2. The molecule has 240 valence electrons. The Balaban J connectivity index is 1.26. The summed E-state index contributed by atoms with van der Waals surface area (Å²) in [6, 6.07) is 21.1. The van der Waals surface area contributed by atoms with Gasteiger partial charge < -0.3 is 14.2 Å². The molecule has 0 saturated heterocycles. The van der Waals surface area contributed by atoms with E-state index in [4.69, 9.17) is 14.2 Å². The number of nitrogens with zero attached hydrogens (tertiary/aromatic N) is 2. The first-order chi connectivity index (χ1) is 21.9. The van der Waals surface area contributed by atoms with E-state index in [1.807, 2.05) is 31.2 Å². The molecule has 4 aromatic rings. The fraction of sp³-hybridized carbons (Fsp3) is 0.405. The monoisotopic (exact) mass is 620 g/mol. The lowest BCUT2D eigenvalue weighted by Crippen LogP contribution is -2.23. The second-order valence-corrected chi connectivity index (χ2v) is 11.1. The molecule has 0 bridgehead atoms. The molecular weight excluding hydrogens is 577 g/mol. The van der Waals surface area contributed by atoms with Gasteiger partial charge >= 0.3 is 6.18 Å². The van der Waals surface area contributed by atoms with E-state index in [0.717, 1.165) is 41.9 Å². The average Bonchev–Trinajstić information content (AvgIpc) is 3.06. The van der Waals surface area contributed by atoms with Crippen molar-refractivity contribution in [3.8, 4) is 39.8 Å². The second-order valence-electron chi connectivity index (χ2n) is 11.1. The Kier molecular flexibility index (Phi) is 13.1. The maximum atomic E-state index is 13.8. The highest BCUT2D eigenvalue weighted by molar-refractivity contribution is 5.64. The topological polar surface area (TPSA) is 53.5 Å². The van der Waals surface area contributed by atoms with Gasteiger partial charge in [0, 0.05) is 23.5 Å². The molecule has 0 aliphatic heterocycles. The number of benzene rings is 3. The van der Waals surface area contributed by atoms with E-state index in [2.05, 4.69) is 16.9 Å². The van der Waals surface area contributed by atoms with Crippen LogP contribution in [0.25, 0.3) is 22.5 Å². The largest absolute Gasteiger partial charge is 0.494 e. The van der Waals surface area contributed by atoms with E-state index in [1.165, 1.54) is 44.2 Å². The number of hydrogen-bond acceptors (Lipinski definition) is 5. The maximum absolute atomic E-state index is 13.8. The molecule has 0 spiro atoms. The Bertz CT molecular complexity index is 1390. The Morgan fingerprint density at radius 2 is 1.07 bits per heavy atom. The molecule has 5 nitrogen and oxygen atoms in total. The Hall–Kier alpha value is -4.07. The third-order valence-electron chi connectivity index (χ3n) is 7.54. The van der Waals surface area contributed by atoms with Crippen molar-refractivity contribution < 1.29 is 27.4 Å². The maximum Gasteiger partial charge on any atom is 0.395 e. The summed E-state index contributed by atoms with van der Waals surface area (Å²) < 4.78 is 58.5. The van der Waals surface area contributed by atoms with Crippen molar-refractivity contribution in [3.63, 3.8) is 0 Å². The average molecular weight is 621 g/mol. The number of rotatable bonds is 18. The fourth-order valence-electron chi connectivity index (χ4n) is 4.97. The van der Waals surface area contributed by atoms with Gasteiger partial charge in [-0.25, -0.2) is 9.97 Å². The molecule has 4 rings (SSSR count). The molecule has 45 heavy (non-hydrogen) atoms. The summed E-state index contributed by atoms with van der Waals surface area (Å²) in [6.07, 6.45) is 7.19. The predicted octanol–water partition coefficient (Wildman–Crippen LogP) is 10.5. The molecule has 1 heterocycles. The molecule has 0 saturated carbocycles. The molecule has 1 unspecified atom stereocenters. The molecule has 0 fully saturated rings. The third kappa shape index (κ3) is 10.8. The van der Waals surface area contributed by atoms with Crippen LogP contribution in [0, 0.1) is 0 Å². The smallest absolute Gasteiger partial charge is 0.395 e. The lowest BCUT2D eigenvalue weighted by molar-refractivity contribution is -0.153. The molecular formula is C37H43F3N2O3. The number of halogens is 3. The van der Waals surface area contributed by atoms with Crippen molar-refractivity contribution >= 4 is 0 Å². The van der Waals surface area contributed by atoms with Gasteiger partial charge in [0.25, 0.3) is 0 Å². The normalized spacial score (nSPS) is 12.1. The van der Waals surface area contributed by atoms with Gasteiger partial charge in [0.05, 0.1) is 25.7 Å². The molecule has 0 aliphatic carbocycles. The molecule has 0 aliphatic rings. The minimum Gasteiger partial charge on any atom is -0.494 e. The van der Waals surface area contributed by atoms with E-state index in [9.17, 15) is 13.2 Å². The van der Waals surface area contributed by atoms with Crippen molar-refractivity contribution in [3.05, 3.63) is 90.8 Å². The Morgan fingerprint density at radius 1 is 0.556 bits per heavy atom. The van der Waals surface area contributed by atoms with E-state index in [1.54, 1.807) is 48.8 Å². The number of hydrogen-bond donors (Lipinski definition) is 0. The first-order valence-electron chi connectivity index (χ1n) is 16.0. The van der Waals surface area contributed by atoms with Crippen molar-refractivity contribution in [1.29, 1.82) is 0 Å². The zero-order chi connectivity index (χ0) is 31.9. The van der Waals surface area contributed by atoms with Crippen LogP contribution in [0.5, 0.6) is 17.2 Å². The Morgan fingerprint density at radius 3 is 1.64 bits per heavy atom. The molecule has 0 N–H and O–H groups in total.